The van der Waals surface area contributed by atoms with E-state index >= 15 is 0 Å². The van der Waals surface area contributed by atoms with Gasteiger partial charge in [-0.2, -0.15) is 0 Å². The predicted octanol–water partition coefficient (Wildman–Crippen LogP) is 3.49. The summed E-state index contributed by atoms with van der Waals surface area (Å²) in [5.74, 6) is 0.328. The summed E-state index contributed by atoms with van der Waals surface area (Å²) in [6.07, 6.45) is 4.49. The summed E-state index contributed by atoms with van der Waals surface area (Å²) < 4.78 is 13.0. The van der Waals surface area contributed by atoms with Crippen LogP contribution in [0.25, 0.3) is 0 Å². The number of rotatable bonds is 1. The quantitative estimate of drug-likeness (QED) is 0.797. The highest BCUT2D eigenvalue weighted by atomic mass is 35.5. The zero-order valence-corrected chi connectivity index (χ0v) is 9.67. The third-order valence-electron chi connectivity index (χ3n) is 4.15. The van der Waals surface area contributed by atoms with Crippen molar-refractivity contribution in [1.82, 2.24) is 0 Å². The summed E-state index contributed by atoms with van der Waals surface area (Å²) in [5.41, 5.74) is -0.0613. The van der Waals surface area contributed by atoms with Crippen LogP contribution < -0.4 is 0 Å². The van der Waals surface area contributed by atoms with Gasteiger partial charge in [0.15, 0.2) is 0 Å². The van der Waals surface area contributed by atoms with Crippen LogP contribution in [0.15, 0.2) is 18.2 Å². The van der Waals surface area contributed by atoms with E-state index in [0.29, 0.717) is 22.4 Å². The van der Waals surface area contributed by atoms with Crippen molar-refractivity contribution in [3.05, 3.63) is 34.6 Å². The van der Waals surface area contributed by atoms with Crippen LogP contribution in [0.3, 0.4) is 0 Å². The standard InChI is InChI=1S/C13H14ClFO/c14-12-7-8(15)5-6-11(12)13(16)9-3-1-2-4-10(9)13/h5-7,9-10,16H,1-4H2. The fourth-order valence-corrected chi connectivity index (χ4v) is 3.62. The Labute approximate surface area is 99.2 Å². The van der Waals surface area contributed by atoms with Gasteiger partial charge in [-0.25, -0.2) is 4.39 Å². The molecule has 2 saturated carbocycles. The summed E-state index contributed by atoms with van der Waals surface area (Å²) in [6, 6.07) is 4.30. The molecule has 2 aliphatic rings. The van der Waals surface area contributed by atoms with Crippen LogP contribution >= 0.6 is 11.6 Å². The minimum absolute atomic E-state index is 0.337. The molecule has 1 nitrogen and oxygen atoms in total. The Balaban J connectivity index is 1.98. The molecule has 0 heterocycles. The molecule has 0 amide bonds. The molecule has 1 aromatic rings. The van der Waals surface area contributed by atoms with Crippen LogP contribution in [0.5, 0.6) is 0 Å². The maximum absolute atomic E-state index is 13.0. The van der Waals surface area contributed by atoms with Gasteiger partial charge in [0, 0.05) is 10.6 Å². The third-order valence-corrected chi connectivity index (χ3v) is 4.46. The van der Waals surface area contributed by atoms with Crippen molar-refractivity contribution in [3.8, 4) is 0 Å². The average Bonchev–Trinajstić information content (AvgIpc) is 2.86. The number of halogens is 2. The van der Waals surface area contributed by atoms with E-state index in [4.69, 9.17) is 11.6 Å². The molecule has 86 valence electrons. The van der Waals surface area contributed by atoms with Gasteiger partial charge in [-0.1, -0.05) is 30.5 Å². The van der Waals surface area contributed by atoms with Crippen molar-refractivity contribution in [1.29, 1.82) is 0 Å². The first kappa shape index (κ1) is 10.5. The van der Waals surface area contributed by atoms with Crippen molar-refractivity contribution in [2.24, 2.45) is 11.8 Å². The Morgan fingerprint density at radius 1 is 1.25 bits per heavy atom. The van der Waals surface area contributed by atoms with Gasteiger partial charge in [0.25, 0.3) is 0 Å². The van der Waals surface area contributed by atoms with E-state index in [1.807, 2.05) is 0 Å². The molecule has 0 spiro atoms. The SMILES string of the molecule is OC1(c2ccc(F)cc2Cl)C2CCCCC21. The normalized spacial score (nSPS) is 36.9. The van der Waals surface area contributed by atoms with Gasteiger partial charge < -0.3 is 5.11 Å². The summed E-state index contributed by atoms with van der Waals surface area (Å²) in [7, 11) is 0. The first-order valence-corrected chi connectivity index (χ1v) is 6.19. The largest absolute Gasteiger partial charge is 0.385 e. The van der Waals surface area contributed by atoms with Crippen molar-refractivity contribution < 1.29 is 9.50 Å². The number of hydrogen-bond donors (Lipinski definition) is 1. The third kappa shape index (κ3) is 1.33. The first-order valence-electron chi connectivity index (χ1n) is 5.82. The Morgan fingerprint density at radius 3 is 2.44 bits per heavy atom. The molecule has 0 aliphatic heterocycles. The Kier molecular flexibility index (Phi) is 2.27. The van der Waals surface area contributed by atoms with Crippen molar-refractivity contribution in [3.63, 3.8) is 0 Å². The molecule has 2 aliphatic carbocycles. The average molecular weight is 241 g/mol. The van der Waals surface area contributed by atoms with Crippen LogP contribution in [0.1, 0.15) is 31.2 Å². The molecule has 0 bridgehead atoms. The van der Waals surface area contributed by atoms with E-state index in [2.05, 4.69) is 0 Å². The minimum atomic E-state index is -0.777. The summed E-state index contributed by atoms with van der Waals surface area (Å²) in [6.45, 7) is 0. The van der Waals surface area contributed by atoms with Gasteiger partial charge in [-0.3, -0.25) is 0 Å². The highest BCUT2D eigenvalue weighted by molar-refractivity contribution is 6.31. The maximum Gasteiger partial charge on any atom is 0.124 e. The highest BCUT2D eigenvalue weighted by Crippen LogP contribution is 2.65. The number of aliphatic hydroxyl groups is 1. The first-order chi connectivity index (χ1) is 7.64. The molecule has 3 rings (SSSR count). The maximum atomic E-state index is 13.0. The predicted molar refractivity (Wildman–Crippen MR) is 60.8 cm³/mol. The van der Waals surface area contributed by atoms with E-state index in [0.717, 1.165) is 12.8 Å². The summed E-state index contributed by atoms with van der Waals surface area (Å²) in [4.78, 5) is 0. The van der Waals surface area contributed by atoms with E-state index in [9.17, 15) is 9.50 Å². The number of hydrogen-bond acceptors (Lipinski definition) is 1. The highest BCUT2D eigenvalue weighted by Gasteiger charge is 2.65. The van der Waals surface area contributed by atoms with Gasteiger partial charge in [0.2, 0.25) is 0 Å². The molecule has 1 N–H and O–H groups in total. The van der Waals surface area contributed by atoms with Gasteiger partial charge in [0.05, 0.1) is 5.60 Å². The van der Waals surface area contributed by atoms with E-state index in [1.165, 1.54) is 25.0 Å². The Bertz CT molecular complexity index is 420. The lowest BCUT2D eigenvalue weighted by Crippen LogP contribution is -2.11. The van der Waals surface area contributed by atoms with Crippen LogP contribution in [0.4, 0.5) is 4.39 Å². The van der Waals surface area contributed by atoms with Crippen LogP contribution in [-0.2, 0) is 5.60 Å². The minimum Gasteiger partial charge on any atom is -0.385 e. The van der Waals surface area contributed by atoms with Crippen LogP contribution in [0.2, 0.25) is 5.02 Å². The van der Waals surface area contributed by atoms with Gasteiger partial charge in [0.1, 0.15) is 5.82 Å². The Hall–Kier alpha value is -0.600. The smallest absolute Gasteiger partial charge is 0.124 e. The zero-order chi connectivity index (χ0) is 11.3. The second-order valence-electron chi connectivity index (χ2n) is 4.95. The van der Waals surface area contributed by atoms with E-state index in [-0.39, 0.29) is 5.82 Å². The molecule has 2 atom stereocenters. The second kappa shape index (κ2) is 3.44. The molecule has 0 saturated heterocycles. The topological polar surface area (TPSA) is 20.2 Å². The van der Waals surface area contributed by atoms with Gasteiger partial charge >= 0.3 is 0 Å². The lowest BCUT2D eigenvalue weighted by molar-refractivity contribution is 0.118. The molecule has 16 heavy (non-hydrogen) atoms. The van der Waals surface area contributed by atoms with Crippen LogP contribution in [-0.4, -0.2) is 5.11 Å². The van der Waals surface area contributed by atoms with E-state index in [1.54, 1.807) is 6.07 Å². The molecule has 1 aromatic carbocycles. The molecular weight excluding hydrogens is 227 g/mol. The molecule has 3 heteroatoms. The van der Waals surface area contributed by atoms with Crippen LogP contribution in [0, 0.1) is 17.7 Å². The fraction of sp³-hybridized carbons (Fsp3) is 0.538. The fourth-order valence-electron chi connectivity index (χ4n) is 3.31. The van der Waals surface area contributed by atoms with Gasteiger partial charge in [-0.15, -0.1) is 0 Å². The van der Waals surface area contributed by atoms with Gasteiger partial charge in [-0.05, 0) is 36.8 Å². The summed E-state index contributed by atoms with van der Waals surface area (Å²) >= 11 is 6.02. The molecule has 0 radical (unpaired) electrons. The number of fused-ring (bicyclic) bond motifs is 1. The monoisotopic (exact) mass is 240 g/mol. The van der Waals surface area contributed by atoms with Crippen molar-refractivity contribution in [2.75, 3.05) is 0 Å². The van der Waals surface area contributed by atoms with Crippen molar-refractivity contribution in [2.45, 2.75) is 31.3 Å². The van der Waals surface area contributed by atoms with Crippen molar-refractivity contribution >= 4 is 11.6 Å². The lowest BCUT2D eigenvalue weighted by Gasteiger charge is -2.13. The molecule has 2 fully saturated rings. The molecular formula is C13H14ClFO. The Morgan fingerprint density at radius 2 is 1.88 bits per heavy atom. The lowest BCUT2D eigenvalue weighted by atomic mass is 10.0. The molecule has 2 unspecified atom stereocenters. The molecule has 0 aromatic heterocycles. The summed E-state index contributed by atoms with van der Waals surface area (Å²) in [5, 5.41) is 11.0. The number of benzene rings is 1. The second-order valence-corrected chi connectivity index (χ2v) is 5.35. The zero-order valence-electron chi connectivity index (χ0n) is 8.92. The van der Waals surface area contributed by atoms with E-state index < -0.39 is 5.60 Å².